The molecule has 2 aromatic rings. The van der Waals surface area contributed by atoms with Crippen molar-refractivity contribution in [3.63, 3.8) is 0 Å². The van der Waals surface area contributed by atoms with Gasteiger partial charge < -0.3 is 15.4 Å². The van der Waals surface area contributed by atoms with Gasteiger partial charge in [0.25, 0.3) is 0 Å². The summed E-state index contributed by atoms with van der Waals surface area (Å²) in [4.78, 5) is 0. The molecule has 0 saturated carbocycles. The summed E-state index contributed by atoms with van der Waals surface area (Å²) in [6.07, 6.45) is 3.59. The van der Waals surface area contributed by atoms with Crippen molar-refractivity contribution in [2.45, 2.75) is 32.4 Å². The summed E-state index contributed by atoms with van der Waals surface area (Å²) >= 11 is 0. The van der Waals surface area contributed by atoms with Gasteiger partial charge in [0.05, 0.1) is 6.10 Å². The minimum Gasteiger partial charge on any atom is -0.393 e. The Morgan fingerprint density at radius 3 is 2.82 bits per heavy atom. The first-order valence-corrected chi connectivity index (χ1v) is 6.17. The molecule has 0 radical (unpaired) electrons. The highest BCUT2D eigenvalue weighted by Crippen LogP contribution is 2.22. The number of aliphatic hydroxyl groups is 1. The second kappa shape index (κ2) is 5.34. The second-order valence-electron chi connectivity index (χ2n) is 4.54. The number of para-hydroxylation sites is 1. The highest BCUT2D eigenvalue weighted by molar-refractivity contribution is 5.84. The molecule has 1 heterocycles. The van der Waals surface area contributed by atoms with Crippen LogP contribution >= 0.6 is 0 Å². The van der Waals surface area contributed by atoms with Crippen LogP contribution in [-0.4, -0.2) is 22.3 Å². The van der Waals surface area contributed by atoms with Crippen LogP contribution in [0.5, 0.6) is 0 Å². The van der Waals surface area contributed by atoms with Crippen molar-refractivity contribution in [2.75, 3.05) is 6.54 Å². The fourth-order valence-corrected chi connectivity index (χ4v) is 2.19. The minimum absolute atomic E-state index is 0.255. The topological polar surface area (TPSA) is 51.2 Å². The summed E-state index contributed by atoms with van der Waals surface area (Å²) in [6, 6.07) is 8.37. The molecule has 0 fully saturated rings. The smallest absolute Gasteiger partial charge is 0.0529 e. The summed E-state index contributed by atoms with van der Waals surface area (Å²) in [7, 11) is 0. The van der Waals surface area contributed by atoms with E-state index in [9.17, 15) is 5.11 Å². The number of aromatic nitrogens is 1. The normalized spacial score (nSPS) is 13.1. The third-order valence-electron chi connectivity index (χ3n) is 3.07. The van der Waals surface area contributed by atoms with Gasteiger partial charge in [-0.2, -0.15) is 0 Å². The van der Waals surface area contributed by atoms with Crippen molar-refractivity contribution in [1.29, 1.82) is 0 Å². The van der Waals surface area contributed by atoms with Gasteiger partial charge in [0, 0.05) is 23.6 Å². The van der Waals surface area contributed by atoms with Crippen molar-refractivity contribution in [1.82, 2.24) is 4.57 Å². The lowest BCUT2D eigenvalue weighted by atomic mass is 10.1. The third kappa shape index (κ3) is 2.68. The summed E-state index contributed by atoms with van der Waals surface area (Å²) < 4.78 is 2.22. The van der Waals surface area contributed by atoms with Crippen LogP contribution in [0.4, 0.5) is 0 Å². The van der Waals surface area contributed by atoms with Crippen molar-refractivity contribution in [3.05, 3.63) is 36.0 Å². The molecule has 0 spiro atoms. The molecule has 17 heavy (non-hydrogen) atoms. The standard InChI is InChI=1S/C14H20N2O/c1-11(17)7-9-16-10-12(6-8-15)13-4-2-3-5-14(13)16/h2-5,10-11,17H,6-9,15H2,1H3. The summed E-state index contributed by atoms with van der Waals surface area (Å²) in [5, 5.41) is 10.6. The molecule has 92 valence electrons. The van der Waals surface area contributed by atoms with Crippen LogP contribution in [0.25, 0.3) is 10.9 Å². The van der Waals surface area contributed by atoms with Crippen molar-refractivity contribution in [2.24, 2.45) is 5.73 Å². The molecule has 1 atom stereocenters. The van der Waals surface area contributed by atoms with Crippen molar-refractivity contribution in [3.8, 4) is 0 Å². The van der Waals surface area contributed by atoms with E-state index < -0.39 is 0 Å². The van der Waals surface area contributed by atoms with Crippen LogP contribution in [-0.2, 0) is 13.0 Å². The highest BCUT2D eigenvalue weighted by Gasteiger charge is 2.07. The van der Waals surface area contributed by atoms with Crippen LogP contribution in [0.2, 0.25) is 0 Å². The number of aliphatic hydroxyl groups excluding tert-OH is 1. The van der Waals surface area contributed by atoms with Gasteiger partial charge in [-0.3, -0.25) is 0 Å². The monoisotopic (exact) mass is 232 g/mol. The lowest BCUT2D eigenvalue weighted by molar-refractivity contribution is 0.178. The van der Waals surface area contributed by atoms with Crippen LogP contribution < -0.4 is 5.73 Å². The number of nitrogens with two attached hydrogens (primary N) is 1. The number of hydrogen-bond acceptors (Lipinski definition) is 2. The van der Waals surface area contributed by atoms with E-state index in [2.05, 4.69) is 29.0 Å². The Bertz CT molecular complexity index is 488. The fourth-order valence-electron chi connectivity index (χ4n) is 2.19. The summed E-state index contributed by atoms with van der Waals surface area (Å²) in [5.41, 5.74) is 8.17. The van der Waals surface area contributed by atoms with E-state index in [0.29, 0.717) is 6.54 Å². The maximum atomic E-state index is 9.36. The van der Waals surface area contributed by atoms with Crippen molar-refractivity contribution < 1.29 is 5.11 Å². The van der Waals surface area contributed by atoms with E-state index >= 15 is 0 Å². The first-order valence-electron chi connectivity index (χ1n) is 6.17. The quantitative estimate of drug-likeness (QED) is 0.827. The van der Waals surface area contributed by atoms with Crippen LogP contribution in [0.3, 0.4) is 0 Å². The Labute approximate surface area is 102 Å². The lowest BCUT2D eigenvalue weighted by Gasteiger charge is -2.06. The fraction of sp³-hybridized carbons (Fsp3) is 0.429. The maximum Gasteiger partial charge on any atom is 0.0529 e. The molecular formula is C14H20N2O. The van der Waals surface area contributed by atoms with E-state index in [4.69, 9.17) is 5.73 Å². The molecule has 3 heteroatoms. The summed E-state index contributed by atoms with van der Waals surface area (Å²) in [6.45, 7) is 3.35. The predicted octanol–water partition coefficient (Wildman–Crippen LogP) is 1.91. The average Bonchev–Trinajstić information content (AvgIpc) is 2.66. The molecule has 0 aliphatic rings. The number of nitrogens with zero attached hydrogens (tertiary/aromatic N) is 1. The van der Waals surface area contributed by atoms with E-state index in [1.54, 1.807) is 0 Å². The molecule has 1 aromatic carbocycles. The van der Waals surface area contributed by atoms with Gasteiger partial charge in [-0.05, 0) is 37.9 Å². The number of rotatable bonds is 5. The Hall–Kier alpha value is -1.32. The number of hydrogen-bond donors (Lipinski definition) is 2. The highest BCUT2D eigenvalue weighted by atomic mass is 16.3. The van der Waals surface area contributed by atoms with Crippen LogP contribution in [0.15, 0.2) is 30.5 Å². The maximum absolute atomic E-state index is 9.36. The van der Waals surface area contributed by atoms with E-state index in [1.165, 1.54) is 16.5 Å². The second-order valence-corrected chi connectivity index (χ2v) is 4.54. The Morgan fingerprint density at radius 2 is 2.12 bits per heavy atom. The zero-order valence-corrected chi connectivity index (χ0v) is 10.3. The SMILES string of the molecule is CC(O)CCn1cc(CCN)c2ccccc21. The molecular weight excluding hydrogens is 212 g/mol. The molecule has 1 unspecified atom stereocenters. The number of fused-ring (bicyclic) bond motifs is 1. The van der Waals surface area contributed by atoms with Gasteiger partial charge in [0.2, 0.25) is 0 Å². The van der Waals surface area contributed by atoms with Crippen molar-refractivity contribution >= 4 is 10.9 Å². The molecule has 1 aromatic heterocycles. The van der Waals surface area contributed by atoms with Gasteiger partial charge in [0.15, 0.2) is 0 Å². The molecule has 0 amide bonds. The van der Waals surface area contributed by atoms with E-state index in [1.807, 2.05) is 13.0 Å². The molecule has 0 aliphatic heterocycles. The van der Waals surface area contributed by atoms with Crippen LogP contribution in [0, 0.1) is 0 Å². The first-order chi connectivity index (χ1) is 8.22. The van der Waals surface area contributed by atoms with Gasteiger partial charge >= 0.3 is 0 Å². The minimum atomic E-state index is -0.255. The number of benzene rings is 1. The van der Waals surface area contributed by atoms with Gasteiger partial charge in [-0.25, -0.2) is 0 Å². The Kier molecular flexibility index (Phi) is 3.82. The first kappa shape index (κ1) is 12.1. The Balaban J connectivity index is 2.34. The molecule has 2 rings (SSSR count). The number of aryl methyl sites for hydroxylation is 1. The molecule has 0 saturated heterocycles. The van der Waals surface area contributed by atoms with E-state index in [0.717, 1.165) is 19.4 Å². The van der Waals surface area contributed by atoms with Crippen LogP contribution in [0.1, 0.15) is 18.9 Å². The van der Waals surface area contributed by atoms with E-state index in [-0.39, 0.29) is 6.10 Å². The predicted molar refractivity (Wildman–Crippen MR) is 71.0 cm³/mol. The Morgan fingerprint density at radius 1 is 1.35 bits per heavy atom. The lowest BCUT2D eigenvalue weighted by Crippen LogP contribution is -2.06. The van der Waals surface area contributed by atoms with Gasteiger partial charge in [-0.15, -0.1) is 0 Å². The zero-order chi connectivity index (χ0) is 12.3. The molecule has 0 aliphatic carbocycles. The molecule has 0 bridgehead atoms. The van der Waals surface area contributed by atoms with Gasteiger partial charge in [-0.1, -0.05) is 18.2 Å². The summed E-state index contributed by atoms with van der Waals surface area (Å²) in [5.74, 6) is 0. The van der Waals surface area contributed by atoms with Gasteiger partial charge in [0.1, 0.15) is 0 Å². The molecule has 3 nitrogen and oxygen atoms in total. The third-order valence-corrected chi connectivity index (χ3v) is 3.07. The largest absolute Gasteiger partial charge is 0.393 e. The molecule has 3 N–H and O–H groups in total. The average molecular weight is 232 g/mol. The zero-order valence-electron chi connectivity index (χ0n) is 10.3.